The number of amides is 1. The minimum Gasteiger partial charge on any atom is -0.496 e. The van der Waals surface area contributed by atoms with Crippen molar-refractivity contribution in [3.05, 3.63) is 65.2 Å². The predicted molar refractivity (Wildman–Crippen MR) is 117 cm³/mol. The first-order valence-corrected chi connectivity index (χ1v) is 10.4. The number of piperazine rings is 1. The lowest BCUT2D eigenvalue weighted by atomic mass is 10.0. The normalized spacial score (nSPS) is 16.4. The van der Waals surface area contributed by atoms with Crippen LogP contribution < -0.4 is 10.1 Å². The molecule has 2 aromatic carbocycles. The molecular weight excluding hydrogens is 362 g/mol. The largest absolute Gasteiger partial charge is 0.496 e. The Balaban J connectivity index is 1.40. The van der Waals surface area contributed by atoms with Crippen molar-refractivity contribution in [3.8, 4) is 5.75 Å². The third kappa shape index (κ3) is 6.31. The molecule has 0 aliphatic carbocycles. The zero-order valence-corrected chi connectivity index (χ0v) is 17.9. The van der Waals surface area contributed by atoms with Gasteiger partial charge >= 0.3 is 0 Å². The zero-order chi connectivity index (χ0) is 20.6. The minimum atomic E-state index is 0.113. The van der Waals surface area contributed by atoms with Crippen molar-refractivity contribution in [2.75, 3.05) is 46.4 Å². The van der Waals surface area contributed by atoms with Crippen LogP contribution in [0.4, 0.5) is 0 Å². The summed E-state index contributed by atoms with van der Waals surface area (Å²) in [5, 5.41) is 3.09. The summed E-state index contributed by atoms with van der Waals surface area (Å²) in [6.07, 6.45) is 0. The van der Waals surface area contributed by atoms with Crippen molar-refractivity contribution in [2.45, 2.75) is 26.3 Å². The highest BCUT2D eigenvalue weighted by atomic mass is 16.5. The van der Waals surface area contributed by atoms with Gasteiger partial charge in [-0.2, -0.15) is 0 Å². The van der Waals surface area contributed by atoms with Crippen molar-refractivity contribution in [1.82, 2.24) is 15.1 Å². The second kappa shape index (κ2) is 10.4. The van der Waals surface area contributed by atoms with Crippen molar-refractivity contribution in [1.29, 1.82) is 0 Å². The number of rotatable bonds is 8. The van der Waals surface area contributed by atoms with Crippen LogP contribution in [0, 0.1) is 6.92 Å². The molecule has 5 nitrogen and oxygen atoms in total. The summed E-state index contributed by atoms with van der Waals surface area (Å²) in [4.78, 5) is 17.0. The van der Waals surface area contributed by atoms with Crippen LogP contribution in [-0.2, 0) is 11.3 Å². The molecule has 1 N–H and O–H groups in total. The quantitative estimate of drug-likeness (QED) is 0.746. The Morgan fingerprint density at radius 1 is 1.07 bits per heavy atom. The Morgan fingerprint density at radius 2 is 1.76 bits per heavy atom. The van der Waals surface area contributed by atoms with Gasteiger partial charge in [-0.15, -0.1) is 0 Å². The van der Waals surface area contributed by atoms with Gasteiger partial charge in [-0.1, -0.05) is 55.0 Å². The van der Waals surface area contributed by atoms with Gasteiger partial charge in [-0.25, -0.2) is 0 Å². The molecule has 1 saturated heterocycles. The summed E-state index contributed by atoms with van der Waals surface area (Å²) in [6.45, 7) is 10.0. The number of nitrogens with zero attached hydrogens (tertiary/aromatic N) is 2. The molecule has 1 aliphatic rings. The van der Waals surface area contributed by atoms with Gasteiger partial charge in [0.25, 0.3) is 0 Å². The maximum absolute atomic E-state index is 12.4. The van der Waals surface area contributed by atoms with Crippen LogP contribution in [-0.4, -0.2) is 62.1 Å². The van der Waals surface area contributed by atoms with Crippen molar-refractivity contribution >= 4 is 5.91 Å². The smallest absolute Gasteiger partial charge is 0.234 e. The average molecular weight is 396 g/mol. The van der Waals surface area contributed by atoms with E-state index >= 15 is 0 Å². The molecule has 0 spiro atoms. The third-order valence-corrected chi connectivity index (χ3v) is 5.64. The van der Waals surface area contributed by atoms with E-state index in [0.717, 1.165) is 38.5 Å². The van der Waals surface area contributed by atoms with E-state index in [9.17, 15) is 4.79 Å². The number of hydrogen-bond acceptors (Lipinski definition) is 4. The van der Waals surface area contributed by atoms with E-state index in [1.54, 1.807) is 7.11 Å². The van der Waals surface area contributed by atoms with Crippen LogP contribution in [0.1, 0.15) is 29.5 Å². The second-order valence-electron chi connectivity index (χ2n) is 7.98. The Kier molecular flexibility index (Phi) is 7.67. The molecule has 29 heavy (non-hydrogen) atoms. The molecule has 2 aromatic rings. The van der Waals surface area contributed by atoms with Crippen LogP contribution in [0.5, 0.6) is 5.75 Å². The number of carbonyl (C=O) groups excluding carboxylic acids is 1. The molecule has 3 rings (SSSR count). The summed E-state index contributed by atoms with van der Waals surface area (Å²) >= 11 is 0. The van der Waals surface area contributed by atoms with Crippen LogP contribution in [0.3, 0.4) is 0 Å². The van der Waals surface area contributed by atoms with Crippen LogP contribution >= 0.6 is 0 Å². The number of nitrogens with one attached hydrogen (secondary N) is 1. The topological polar surface area (TPSA) is 44.8 Å². The summed E-state index contributed by atoms with van der Waals surface area (Å²) in [5.41, 5.74) is 3.74. The number of methoxy groups -OCH3 is 1. The molecule has 1 heterocycles. The highest BCUT2D eigenvalue weighted by Gasteiger charge is 2.20. The fraction of sp³-hybridized carbons (Fsp3) is 0.458. The Hall–Kier alpha value is -2.37. The van der Waals surface area contributed by atoms with E-state index in [-0.39, 0.29) is 5.91 Å². The number of benzene rings is 2. The van der Waals surface area contributed by atoms with Gasteiger partial charge < -0.3 is 10.1 Å². The summed E-state index contributed by atoms with van der Waals surface area (Å²) in [7, 11) is 1.73. The van der Waals surface area contributed by atoms with Gasteiger partial charge in [0, 0.05) is 44.8 Å². The summed E-state index contributed by atoms with van der Waals surface area (Å²) < 4.78 is 5.50. The van der Waals surface area contributed by atoms with Gasteiger partial charge in [-0.3, -0.25) is 14.6 Å². The Bertz CT molecular complexity index is 786. The van der Waals surface area contributed by atoms with Crippen LogP contribution in [0.15, 0.2) is 48.5 Å². The first-order chi connectivity index (χ1) is 14.0. The first kappa shape index (κ1) is 21.3. The molecule has 0 saturated carbocycles. The fourth-order valence-electron chi connectivity index (χ4n) is 3.80. The summed E-state index contributed by atoms with van der Waals surface area (Å²) in [5.74, 6) is 1.38. The fourth-order valence-corrected chi connectivity index (χ4v) is 3.80. The maximum atomic E-state index is 12.4. The molecule has 1 aliphatic heterocycles. The van der Waals surface area contributed by atoms with Gasteiger partial charge in [0.05, 0.1) is 13.7 Å². The lowest BCUT2D eigenvalue weighted by Gasteiger charge is -2.34. The molecule has 1 atom stereocenters. The first-order valence-electron chi connectivity index (χ1n) is 10.4. The van der Waals surface area contributed by atoms with E-state index in [1.165, 1.54) is 16.7 Å². The van der Waals surface area contributed by atoms with E-state index < -0.39 is 0 Å². The van der Waals surface area contributed by atoms with Crippen molar-refractivity contribution < 1.29 is 9.53 Å². The van der Waals surface area contributed by atoms with E-state index in [4.69, 9.17) is 4.74 Å². The second-order valence-corrected chi connectivity index (χ2v) is 7.98. The number of ether oxygens (including phenoxy) is 1. The van der Waals surface area contributed by atoms with Crippen LogP contribution in [0.25, 0.3) is 0 Å². The Labute approximate surface area is 174 Å². The summed E-state index contributed by atoms with van der Waals surface area (Å²) in [6, 6.07) is 16.6. The van der Waals surface area contributed by atoms with Crippen LogP contribution in [0.2, 0.25) is 0 Å². The Morgan fingerprint density at radius 3 is 2.45 bits per heavy atom. The minimum absolute atomic E-state index is 0.113. The highest BCUT2D eigenvalue weighted by molar-refractivity contribution is 5.78. The van der Waals surface area contributed by atoms with Gasteiger partial charge in [-0.05, 0) is 24.5 Å². The highest BCUT2D eigenvalue weighted by Crippen LogP contribution is 2.22. The SMILES string of the molecule is COc1ccc(C)cc1CN1CCN(CC(=O)NC[C@@H](C)c2ccccc2)CC1. The molecule has 0 bridgehead atoms. The molecule has 5 heteroatoms. The molecule has 0 aromatic heterocycles. The number of carbonyl (C=O) groups is 1. The third-order valence-electron chi connectivity index (χ3n) is 5.64. The van der Waals surface area contributed by atoms with E-state index in [2.05, 4.69) is 53.2 Å². The van der Waals surface area contributed by atoms with E-state index in [1.807, 2.05) is 24.3 Å². The molecular formula is C24H33N3O2. The lowest BCUT2D eigenvalue weighted by molar-refractivity contribution is -0.122. The van der Waals surface area contributed by atoms with Gasteiger partial charge in [0.2, 0.25) is 5.91 Å². The molecule has 1 fully saturated rings. The van der Waals surface area contributed by atoms with E-state index in [0.29, 0.717) is 19.0 Å². The standard InChI is InChI=1S/C24H33N3O2/c1-19-9-10-23(29-3)22(15-19)17-26-11-13-27(14-12-26)18-24(28)25-16-20(2)21-7-5-4-6-8-21/h4-10,15,20H,11-14,16-18H2,1-3H3,(H,25,28)/t20-/m1/s1. The van der Waals surface area contributed by atoms with Crippen molar-refractivity contribution in [2.24, 2.45) is 0 Å². The number of aryl methyl sites for hydroxylation is 1. The maximum Gasteiger partial charge on any atom is 0.234 e. The molecule has 0 radical (unpaired) electrons. The molecule has 0 unspecified atom stereocenters. The van der Waals surface area contributed by atoms with Gasteiger partial charge in [0.15, 0.2) is 0 Å². The molecule has 1 amide bonds. The van der Waals surface area contributed by atoms with Gasteiger partial charge in [0.1, 0.15) is 5.75 Å². The average Bonchev–Trinajstić information content (AvgIpc) is 2.74. The number of hydrogen-bond donors (Lipinski definition) is 1. The monoisotopic (exact) mass is 395 g/mol. The predicted octanol–water partition coefficient (Wildman–Crippen LogP) is 3.04. The molecule has 156 valence electrons. The lowest BCUT2D eigenvalue weighted by Crippen LogP contribution is -2.49. The zero-order valence-electron chi connectivity index (χ0n) is 17.9. The van der Waals surface area contributed by atoms with Crippen molar-refractivity contribution in [3.63, 3.8) is 0 Å².